The zero-order valence-corrected chi connectivity index (χ0v) is 12.2. The highest BCUT2D eigenvalue weighted by molar-refractivity contribution is 7.19. The number of primary amides is 1. The molecule has 0 unspecified atom stereocenters. The van der Waals surface area contributed by atoms with Crippen molar-refractivity contribution in [3.05, 3.63) is 40.5 Å². The third kappa shape index (κ3) is 3.11. The number of nitrogens with zero attached hydrogens (tertiary/aromatic N) is 1. The number of nitrogen functional groups attached to an aromatic ring is 1. The first-order valence-electron chi connectivity index (χ1n) is 6.11. The fourth-order valence-electron chi connectivity index (χ4n) is 1.78. The zero-order valence-electron chi connectivity index (χ0n) is 11.3. The average molecular weight is 305 g/mol. The van der Waals surface area contributed by atoms with Gasteiger partial charge in [0.15, 0.2) is 0 Å². The van der Waals surface area contributed by atoms with Gasteiger partial charge < -0.3 is 22.1 Å². The first kappa shape index (κ1) is 14.8. The lowest BCUT2D eigenvalue weighted by Gasteiger charge is -2.07. The highest BCUT2D eigenvalue weighted by atomic mass is 32.1. The normalized spacial score (nSPS) is 10.1. The van der Waals surface area contributed by atoms with Gasteiger partial charge in [-0.05, 0) is 17.7 Å². The second-order valence-corrected chi connectivity index (χ2v) is 5.22. The Hall–Kier alpha value is -2.61. The van der Waals surface area contributed by atoms with Gasteiger partial charge in [-0.2, -0.15) is 0 Å². The van der Waals surface area contributed by atoms with Gasteiger partial charge in [0.1, 0.15) is 9.88 Å². The number of nitrogens with two attached hydrogens (primary N) is 2. The molecule has 0 aromatic carbocycles. The number of pyridine rings is 1. The standard InChI is InChI=1S/C13H15N5O2S/c1-16-12(20)8-9(14)10(11(15)19)21-13(8)18-6-7-2-4-17-5-3-7/h2-5,18H,6,14H2,1H3,(H2,15,19)(H,16,20). The summed E-state index contributed by atoms with van der Waals surface area (Å²) in [6.45, 7) is 0.477. The summed E-state index contributed by atoms with van der Waals surface area (Å²) >= 11 is 1.07. The van der Waals surface area contributed by atoms with Gasteiger partial charge in [0.2, 0.25) is 0 Å². The molecule has 0 atom stereocenters. The van der Waals surface area contributed by atoms with Crippen LogP contribution in [-0.4, -0.2) is 23.8 Å². The van der Waals surface area contributed by atoms with Crippen molar-refractivity contribution in [3.63, 3.8) is 0 Å². The van der Waals surface area contributed by atoms with Gasteiger partial charge >= 0.3 is 0 Å². The van der Waals surface area contributed by atoms with Crippen molar-refractivity contribution < 1.29 is 9.59 Å². The minimum atomic E-state index is -0.653. The van der Waals surface area contributed by atoms with Gasteiger partial charge in [0, 0.05) is 26.0 Å². The van der Waals surface area contributed by atoms with Crippen LogP contribution in [0.3, 0.4) is 0 Å². The van der Waals surface area contributed by atoms with Crippen molar-refractivity contribution in [3.8, 4) is 0 Å². The smallest absolute Gasteiger partial charge is 0.260 e. The van der Waals surface area contributed by atoms with Gasteiger partial charge in [-0.1, -0.05) is 0 Å². The SMILES string of the molecule is CNC(=O)c1c(NCc2ccncc2)sc(C(N)=O)c1N. The van der Waals surface area contributed by atoms with E-state index >= 15 is 0 Å². The molecule has 110 valence electrons. The molecule has 0 aliphatic carbocycles. The number of rotatable bonds is 5. The maximum atomic E-state index is 11.9. The molecule has 8 heteroatoms. The van der Waals surface area contributed by atoms with Crippen LogP contribution >= 0.6 is 11.3 Å². The molecule has 6 N–H and O–H groups in total. The van der Waals surface area contributed by atoms with Crippen molar-refractivity contribution >= 4 is 33.8 Å². The number of aromatic nitrogens is 1. The number of carbonyl (C=O) groups excluding carboxylic acids is 2. The second-order valence-electron chi connectivity index (χ2n) is 4.20. The first-order valence-corrected chi connectivity index (χ1v) is 6.93. The van der Waals surface area contributed by atoms with E-state index in [1.54, 1.807) is 12.4 Å². The Bertz CT molecular complexity index is 669. The fraction of sp³-hybridized carbons (Fsp3) is 0.154. The summed E-state index contributed by atoms with van der Waals surface area (Å²) in [5.41, 5.74) is 12.4. The van der Waals surface area contributed by atoms with E-state index in [1.807, 2.05) is 12.1 Å². The summed E-state index contributed by atoms with van der Waals surface area (Å²) in [6.07, 6.45) is 3.35. The van der Waals surface area contributed by atoms with Crippen LogP contribution in [0.25, 0.3) is 0 Å². The Labute approximate surface area is 125 Å². The number of hydrogen-bond acceptors (Lipinski definition) is 6. The van der Waals surface area contributed by atoms with E-state index in [2.05, 4.69) is 15.6 Å². The molecule has 0 spiro atoms. The molecule has 0 radical (unpaired) electrons. The number of thiophene rings is 1. The fourth-order valence-corrected chi connectivity index (χ4v) is 2.75. The minimum Gasteiger partial charge on any atom is -0.397 e. The minimum absolute atomic E-state index is 0.101. The molecule has 0 aliphatic rings. The lowest BCUT2D eigenvalue weighted by atomic mass is 10.2. The molecule has 0 saturated heterocycles. The molecule has 21 heavy (non-hydrogen) atoms. The van der Waals surface area contributed by atoms with E-state index in [-0.39, 0.29) is 22.0 Å². The van der Waals surface area contributed by atoms with Crippen LogP contribution in [-0.2, 0) is 6.54 Å². The highest BCUT2D eigenvalue weighted by Gasteiger charge is 2.23. The summed E-state index contributed by atoms with van der Waals surface area (Å²) in [4.78, 5) is 27.4. The molecule has 0 fully saturated rings. The predicted octanol–water partition coefficient (Wildman–Crippen LogP) is 0.796. The van der Waals surface area contributed by atoms with Crippen LogP contribution in [0.4, 0.5) is 10.7 Å². The third-order valence-corrected chi connectivity index (χ3v) is 4.00. The molecule has 2 aromatic heterocycles. The number of anilines is 2. The molecule has 2 amide bonds. The topological polar surface area (TPSA) is 123 Å². The quantitative estimate of drug-likeness (QED) is 0.650. The number of nitrogens with one attached hydrogen (secondary N) is 2. The molecular formula is C13H15N5O2S. The Morgan fingerprint density at radius 2 is 2.00 bits per heavy atom. The molecule has 2 aromatic rings. The summed E-state index contributed by atoms with van der Waals surface area (Å²) in [6, 6.07) is 3.69. The van der Waals surface area contributed by atoms with Crippen molar-refractivity contribution in [1.82, 2.24) is 10.3 Å². The van der Waals surface area contributed by atoms with E-state index in [0.29, 0.717) is 11.5 Å². The van der Waals surface area contributed by atoms with E-state index < -0.39 is 5.91 Å². The van der Waals surface area contributed by atoms with Crippen LogP contribution in [0, 0.1) is 0 Å². The molecule has 0 aliphatic heterocycles. The van der Waals surface area contributed by atoms with E-state index in [9.17, 15) is 9.59 Å². The molecular weight excluding hydrogens is 290 g/mol. The molecule has 0 bridgehead atoms. The number of amides is 2. The van der Waals surface area contributed by atoms with Crippen molar-refractivity contribution in [1.29, 1.82) is 0 Å². The van der Waals surface area contributed by atoms with Crippen LogP contribution in [0.1, 0.15) is 25.6 Å². The summed E-state index contributed by atoms with van der Waals surface area (Å²) < 4.78 is 0. The van der Waals surface area contributed by atoms with Crippen molar-refractivity contribution in [2.24, 2.45) is 5.73 Å². The van der Waals surface area contributed by atoms with Crippen molar-refractivity contribution in [2.75, 3.05) is 18.1 Å². The number of hydrogen-bond donors (Lipinski definition) is 4. The lowest BCUT2D eigenvalue weighted by Crippen LogP contribution is -2.20. The van der Waals surface area contributed by atoms with Crippen LogP contribution in [0.15, 0.2) is 24.5 Å². The van der Waals surface area contributed by atoms with Gasteiger partial charge in [0.05, 0.1) is 11.3 Å². The molecule has 0 saturated carbocycles. The average Bonchev–Trinajstić information content (AvgIpc) is 2.82. The van der Waals surface area contributed by atoms with Crippen LogP contribution in [0.2, 0.25) is 0 Å². The summed E-state index contributed by atoms with van der Waals surface area (Å²) in [5, 5.41) is 6.11. The Morgan fingerprint density at radius 1 is 1.33 bits per heavy atom. The van der Waals surface area contributed by atoms with Crippen LogP contribution < -0.4 is 22.1 Å². The molecule has 2 heterocycles. The van der Waals surface area contributed by atoms with E-state index in [0.717, 1.165) is 16.9 Å². The lowest BCUT2D eigenvalue weighted by molar-refractivity contribution is 0.0965. The van der Waals surface area contributed by atoms with Gasteiger partial charge in [0.25, 0.3) is 11.8 Å². The van der Waals surface area contributed by atoms with Gasteiger partial charge in [-0.3, -0.25) is 14.6 Å². The van der Waals surface area contributed by atoms with E-state index in [1.165, 1.54) is 7.05 Å². The maximum absolute atomic E-state index is 11.9. The highest BCUT2D eigenvalue weighted by Crippen LogP contribution is 2.35. The van der Waals surface area contributed by atoms with Crippen molar-refractivity contribution in [2.45, 2.75) is 6.54 Å². The second kappa shape index (κ2) is 6.23. The van der Waals surface area contributed by atoms with Gasteiger partial charge in [-0.25, -0.2) is 0 Å². The van der Waals surface area contributed by atoms with Gasteiger partial charge in [-0.15, -0.1) is 11.3 Å². The summed E-state index contributed by atoms with van der Waals surface area (Å²) in [7, 11) is 1.50. The van der Waals surface area contributed by atoms with E-state index in [4.69, 9.17) is 11.5 Å². The Kier molecular flexibility index (Phi) is 4.39. The predicted molar refractivity (Wildman–Crippen MR) is 82.2 cm³/mol. The third-order valence-electron chi connectivity index (χ3n) is 2.83. The molecule has 2 rings (SSSR count). The molecule has 7 nitrogen and oxygen atoms in total. The Morgan fingerprint density at radius 3 is 2.57 bits per heavy atom. The number of carbonyl (C=O) groups is 2. The maximum Gasteiger partial charge on any atom is 0.260 e. The first-order chi connectivity index (χ1) is 10.0. The van der Waals surface area contributed by atoms with Crippen LogP contribution in [0.5, 0.6) is 0 Å². The summed E-state index contributed by atoms with van der Waals surface area (Å²) in [5.74, 6) is -1.02. The largest absolute Gasteiger partial charge is 0.397 e. The Balaban J connectivity index is 2.31. The zero-order chi connectivity index (χ0) is 15.4. The monoisotopic (exact) mass is 305 g/mol.